The van der Waals surface area contributed by atoms with Crippen LogP contribution in [0.2, 0.25) is 5.02 Å². The molecular formula is C16H13ClN4O4. The molecule has 0 atom stereocenters. The summed E-state index contributed by atoms with van der Waals surface area (Å²) in [6.45, 7) is 1.81. The number of hydrogen-bond acceptors (Lipinski definition) is 5. The lowest BCUT2D eigenvalue weighted by Crippen LogP contribution is -2.32. The van der Waals surface area contributed by atoms with Crippen LogP contribution in [0.15, 0.2) is 47.6 Å². The van der Waals surface area contributed by atoms with Crippen molar-refractivity contribution in [2.75, 3.05) is 5.32 Å². The quantitative estimate of drug-likeness (QED) is 0.377. The van der Waals surface area contributed by atoms with Gasteiger partial charge in [0.1, 0.15) is 0 Å². The summed E-state index contributed by atoms with van der Waals surface area (Å²) in [6, 6.07) is 10.4. The minimum absolute atomic E-state index is 0.0580. The molecule has 0 aliphatic heterocycles. The first-order valence-electron chi connectivity index (χ1n) is 7.02. The second-order valence-corrected chi connectivity index (χ2v) is 5.37. The topological polar surface area (TPSA) is 114 Å². The molecule has 2 N–H and O–H groups in total. The predicted molar refractivity (Wildman–Crippen MR) is 93.7 cm³/mol. The van der Waals surface area contributed by atoms with Crippen LogP contribution in [0.5, 0.6) is 0 Å². The summed E-state index contributed by atoms with van der Waals surface area (Å²) in [6.07, 6.45) is 1.26. The molecule has 0 radical (unpaired) electrons. The summed E-state index contributed by atoms with van der Waals surface area (Å²) in [4.78, 5) is 33.4. The zero-order valence-corrected chi connectivity index (χ0v) is 13.8. The molecule has 9 heteroatoms. The van der Waals surface area contributed by atoms with Gasteiger partial charge in [0.2, 0.25) is 0 Å². The van der Waals surface area contributed by atoms with Gasteiger partial charge in [-0.3, -0.25) is 19.7 Å². The first-order valence-corrected chi connectivity index (χ1v) is 7.39. The van der Waals surface area contributed by atoms with Crippen molar-refractivity contribution in [1.82, 2.24) is 5.43 Å². The number of halogens is 1. The number of benzene rings is 2. The second kappa shape index (κ2) is 8.02. The van der Waals surface area contributed by atoms with E-state index in [0.717, 1.165) is 5.56 Å². The monoisotopic (exact) mass is 360 g/mol. The molecule has 2 rings (SSSR count). The SMILES string of the molecule is Cc1ccc(NC(=O)C(=O)NN=Cc2ccc([N+](=O)[O-])cc2)cc1Cl. The lowest BCUT2D eigenvalue weighted by Gasteiger charge is -2.05. The normalized spacial score (nSPS) is 10.5. The molecule has 2 amide bonds. The molecule has 0 fully saturated rings. The molecule has 0 saturated heterocycles. The fourth-order valence-corrected chi connectivity index (χ4v) is 1.94. The highest BCUT2D eigenvalue weighted by molar-refractivity contribution is 6.39. The molecule has 0 aromatic heterocycles. The predicted octanol–water partition coefficient (Wildman–Crippen LogP) is 2.65. The Hall–Kier alpha value is -3.26. The highest BCUT2D eigenvalue weighted by Crippen LogP contribution is 2.19. The average Bonchev–Trinajstić information content (AvgIpc) is 2.58. The Balaban J connectivity index is 1.91. The van der Waals surface area contributed by atoms with E-state index >= 15 is 0 Å². The summed E-state index contributed by atoms with van der Waals surface area (Å²) in [5.41, 5.74) is 3.76. The van der Waals surface area contributed by atoms with Gasteiger partial charge in [-0.15, -0.1) is 0 Å². The van der Waals surface area contributed by atoms with Crippen LogP contribution in [0.1, 0.15) is 11.1 Å². The third kappa shape index (κ3) is 5.11. The van der Waals surface area contributed by atoms with Crippen molar-refractivity contribution < 1.29 is 14.5 Å². The van der Waals surface area contributed by atoms with E-state index < -0.39 is 16.7 Å². The first kappa shape index (κ1) is 18.1. The number of nitro groups is 1. The smallest absolute Gasteiger partial charge is 0.318 e. The van der Waals surface area contributed by atoms with E-state index in [0.29, 0.717) is 16.3 Å². The van der Waals surface area contributed by atoms with Crippen molar-refractivity contribution in [2.24, 2.45) is 5.10 Å². The Labute approximate surface area is 147 Å². The Bertz CT molecular complexity index is 850. The van der Waals surface area contributed by atoms with Gasteiger partial charge in [0, 0.05) is 22.8 Å². The number of hydrogen-bond donors (Lipinski definition) is 2. The number of hydrazone groups is 1. The molecule has 0 spiro atoms. The van der Waals surface area contributed by atoms with Crippen LogP contribution in [0, 0.1) is 17.0 Å². The molecule has 2 aromatic rings. The van der Waals surface area contributed by atoms with Gasteiger partial charge in [0.15, 0.2) is 0 Å². The number of carbonyl (C=O) groups excluding carboxylic acids is 2. The molecule has 8 nitrogen and oxygen atoms in total. The van der Waals surface area contributed by atoms with Crippen molar-refractivity contribution in [3.05, 3.63) is 68.7 Å². The number of nitro benzene ring substituents is 1. The number of aryl methyl sites for hydroxylation is 1. The van der Waals surface area contributed by atoms with E-state index in [1.165, 1.54) is 36.5 Å². The highest BCUT2D eigenvalue weighted by atomic mass is 35.5. The van der Waals surface area contributed by atoms with Gasteiger partial charge in [-0.1, -0.05) is 17.7 Å². The Morgan fingerprint density at radius 2 is 1.84 bits per heavy atom. The van der Waals surface area contributed by atoms with Crippen molar-refractivity contribution in [2.45, 2.75) is 6.92 Å². The lowest BCUT2D eigenvalue weighted by atomic mass is 10.2. The molecule has 0 aliphatic rings. The van der Waals surface area contributed by atoms with Gasteiger partial charge >= 0.3 is 11.8 Å². The van der Waals surface area contributed by atoms with Gasteiger partial charge in [0.25, 0.3) is 5.69 Å². The maximum absolute atomic E-state index is 11.8. The lowest BCUT2D eigenvalue weighted by molar-refractivity contribution is -0.384. The number of carbonyl (C=O) groups is 2. The fraction of sp³-hybridized carbons (Fsp3) is 0.0625. The van der Waals surface area contributed by atoms with Crippen LogP contribution >= 0.6 is 11.6 Å². The summed E-state index contributed by atoms with van der Waals surface area (Å²) in [5, 5.41) is 17.0. The summed E-state index contributed by atoms with van der Waals surface area (Å²) in [5.74, 6) is -1.87. The second-order valence-electron chi connectivity index (χ2n) is 4.97. The van der Waals surface area contributed by atoms with E-state index in [1.807, 2.05) is 6.92 Å². The summed E-state index contributed by atoms with van der Waals surface area (Å²) in [7, 11) is 0. The van der Waals surface area contributed by atoms with E-state index in [4.69, 9.17) is 11.6 Å². The van der Waals surface area contributed by atoms with Crippen molar-refractivity contribution in [3.63, 3.8) is 0 Å². The van der Waals surface area contributed by atoms with Crippen LogP contribution in [0.4, 0.5) is 11.4 Å². The van der Waals surface area contributed by atoms with Gasteiger partial charge in [0.05, 0.1) is 11.1 Å². The zero-order valence-electron chi connectivity index (χ0n) is 13.0. The number of nitrogens with one attached hydrogen (secondary N) is 2. The Morgan fingerprint density at radius 3 is 2.44 bits per heavy atom. The van der Waals surface area contributed by atoms with Gasteiger partial charge < -0.3 is 5.32 Å². The summed E-state index contributed by atoms with van der Waals surface area (Å²) < 4.78 is 0. The molecule has 0 aliphatic carbocycles. The molecule has 128 valence electrons. The highest BCUT2D eigenvalue weighted by Gasteiger charge is 2.13. The number of non-ortho nitro benzene ring substituents is 1. The molecular weight excluding hydrogens is 348 g/mol. The van der Waals surface area contributed by atoms with Crippen LogP contribution < -0.4 is 10.7 Å². The molecule has 0 unspecified atom stereocenters. The van der Waals surface area contributed by atoms with Crippen LogP contribution in [-0.4, -0.2) is 23.0 Å². The van der Waals surface area contributed by atoms with Crippen LogP contribution in [0.25, 0.3) is 0 Å². The van der Waals surface area contributed by atoms with Crippen LogP contribution in [0.3, 0.4) is 0 Å². The Kier molecular flexibility index (Phi) is 5.80. The number of nitrogens with zero attached hydrogens (tertiary/aromatic N) is 2. The van der Waals surface area contributed by atoms with Crippen molar-refractivity contribution in [3.8, 4) is 0 Å². The van der Waals surface area contributed by atoms with E-state index in [9.17, 15) is 19.7 Å². The minimum Gasteiger partial charge on any atom is -0.318 e. The maximum Gasteiger partial charge on any atom is 0.329 e. The summed E-state index contributed by atoms with van der Waals surface area (Å²) >= 11 is 5.94. The van der Waals surface area contributed by atoms with Crippen molar-refractivity contribution in [1.29, 1.82) is 0 Å². The van der Waals surface area contributed by atoms with Gasteiger partial charge in [-0.2, -0.15) is 5.10 Å². The standard InChI is InChI=1S/C16H13ClN4O4/c1-10-2-5-12(8-14(10)17)19-15(22)16(23)20-18-9-11-3-6-13(7-4-11)21(24)25/h2-9H,1H3,(H,19,22)(H,20,23). The maximum atomic E-state index is 11.8. The third-order valence-electron chi connectivity index (χ3n) is 3.12. The van der Waals surface area contributed by atoms with E-state index in [-0.39, 0.29) is 5.69 Å². The number of anilines is 1. The largest absolute Gasteiger partial charge is 0.329 e. The Morgan fingerprint density at radius 1 is 1.16 bits per heavy atom. The van der Waals surface area contributed by atoms with E-state index in [2.05, 4.69) is 15.8 Å². The average molecular weight is 361 g/mol. The molecule has 0 saturated carbocycles. The van der Waals surface area contributed by atoms with Crippen LogP contribution in [-0.2, 0) is 9.59 Å². The van der Waals surface area contributed by atoms with Crippen molar-refractivity contribution >= 4 is 41.0 Å². The third-order valence-corrected chi connectivity index (χ3v) is 3.53. The van der Waals surface area contributed by atoms with Gasteiger partial charge in [-0.25, -0.2) is 5.43 Å². The first-order chi connectivity index (χ1) is 11.9. The zero-order chi connectivity index (χ0) is 18.4. The number of rotatable bonds is 4. The molecule has 25 heavy (non-hydrogen) atoms. The molecule has 0 bridgehead atoms. The van der Waals surface area contributed by atoms with E-state index in [1.54, 1.807) is 12.1 Å². The minimum atomic E-state index is -0.963. The fourth-order valence-electron chi connectivity index (χ4n) is 1.76. The molecule has 2 aromatic carbocycles. The molecule has 0 heterocycles. The number of amides is 2. The van der Waals surface area contributed by atoms with Gasteiger partial charge in [-0.05, 0) is 42.3 Å².